The predicted octanol–water partition coefficient (Wildman–Crippen LogP) is 3.92. The summed E-state index contributed by atoms with van der Waals surface area (Å²) in [6.07, 6.45) is 3.72. The van der Waals surface area contributed by atoms with Crippen LogP contribution in [0.4, 0.5) is 0 Å². The molecule has 1 unspecified atom stereocenters. The minimum absolute atomic E-state index is 0.236. The van der Waals surface area contributed by atoms with E-state index in [1.165, 1.54) is 24.3 Å². The second-order valence-electron chi connectivity index (χ2n) is 7.38. The van der Waals surface area contributed by atoms with E-state index < -0.39 is 38.4 Å². The Morgan fingerprint density at radius 1 is 1.12 bits per heavy atom. The van der Waals surface area contributed by atoms with Crippen molar-refractivity contribution in [3.05, 3.63) is 121 Å². The lowest BCUT2D eigenvalue weighted by molar-refractivity contribution is -0.553. The number of nitrogens with zero attached hydrogens (tertiary/aromatic N) is 2. The van der Waals surface area contributed by atoms with Gasteiger partial charge in [0.05, 0.1) is 22.1 Å². The van der Waals surface area contributed by atoms with Crippen LogP contribution in [-0.4, -0.2) is 26.0 Å². The largest absolute Gasteiger partial charge is 0.507 e. The van der Waals surface area contributed by atoms with Crippen molar-refractivity contribution in [1.29, 1.82) is 0 Å². The van der Waals surface area contributed by atoms with Crippen LogP contribution in [0.1, 0.15) is 23.1 Å². The molecule has 0 saturated carbocycles. The Morgan fingerprint density at radius 3 is 2.41 bits per heavy atom. The van der Waals surface area contributed by atoms with Crippen LogP contribution in [0, 0.1) is 27.2 Å². The number of hydrogen-bond acceptors (Lipinski definition) is 6. The number of phenols is 1. The van der Waals surface area contributed by atoms with Gasteiger partial charge in [-0.2, -0.15) is 0 Å². The van der Waals surface area contributed by atoms with Gasteiger partial charge in [-0.25, -0.2) is 4.79 Å². The number of rotatable bonds is 7. The van der Waals surface area contributed by atoms with Gasteiger partial charge in [0, 0.05) is 16.6 Å². The lowest BCUT2D eigenvalue weighted by Gasteiger charge is -2.28. The van der Waals surface area contributed by atoms with Gasteiger partial charge in [0.1, 0.15) is 5.75 Å². The molecule has 0 fully saturated rings. The fourth-order valence-electron chi connectivity index (χ4n) is 3.77. The molecule has 0 amide bonds. The zero-order valence-corrected chi connectivity index (χ0v) is 17.1. The van der Waals surface area contributed by atoms with Crippen LogP contribution >= 0.6 is 0 Å². The molecule has 2 aromatic rings. The summed E-state index contributed by atoms with van der Waals surface area (Å²) in [5.41, 5.74) is -2.72. The summed E-state index contributed by atoms with van der Waals surface area (Å²) in [7, 11) is 0. The van der Waals surface area contributed by atoms with E-state index in [0.717, 1.165) is 17.7 Å². The summed E-state index contributed by atoms with van der Waals surface area (Å²) in [6, 6.07) is 13.4. The molecule has 32 heavy (non-hydrogen) atoms. The van der Waals surface area contributed by atoms with Crippen LogP contribution in [0.2, 0.25) is 0 Å². The van der Waals surface area contributed by atoms with Gasteiger partial charge in [0.2, 0.25) is 0 Å². The number of carbonyl (C=O) groups is 1. The zero-order chi connectivity index (χ0) is 23.5. The molecular formula is C23H20N2O7. The molecule has 1 aliphatic rings. The molecule has 1 aliphatic carbocycles. The number of allylic oxidation sites excluding steroid dienone is 2. The topological polar surface area (TPSA) is 144 Å². The Balaban J connectivity index is 2.27. The van der Waals surface area contributed by atoms with Crippen molar-refractivity contribution in [1.82, 2.24) is 0 Å². The maximum atomic E-state index is 12.5. The van der Waals surface area contributed by atoms with Crippen LogP contribution in [0.25, 0.3) is 0 Å². The second kappa shape index (κ2) is 8.84. The van der Waals surface area contributed by atoms with Gasteiger partial charge < -0.3 is 10.2 Å². The van der Waals surface area contributed by atoms with Gasteiger partial charge in [-0.1, -0.05) is 48.0 Å². The van der Waals surface area contributed by atoms with Gasteiger partial charge >= 0.3 is 11.5 Å². The van der Waals surface area contributed by atoms with Crippen molar-refractivity contribution in [2.24, 2.45) is 0 Å². The van der Waals surface area contributed by atoms with Crippen LogP contribution < -0.4 is 0 Å². The molecule has 164 valence electrons. The van der Waals surface area contributed by atoms with Crippen molar-refractivity contribution in [2.45, 2.75) is 25.3 Å². The van der Waals surface area contributed by atoms with E-state index in [1.54, 1.807) is 6.92 Å². The fraction of sp³-hybridized carbons (Fsp3) is 0.174. The third-order valence-electron chi connectivity index (χ3n) is 5.27. The molecule has 0 bridgehead atoms. The summed E-state index contributed by atoms with van der Waals surface area (Å²) in [4.78, 5) is 34.3. The molecule has 0 radical (unpaired) electrons. The molecule has 9 heteroatoms. The quantitative estimate of drug-likeness (QED) is 0.494. The highest BCUT2D eigenvalue weighted by molar-refractivity contribution is 5.94. The third-order valence-corrected chi connectivity index (χ3v) is 5.27. The highest BCUT2D eigenvalue weighted by atomic mass is 16.6. The first-order valence-corrected chi connectivity index (χ1v) is 9.68. The van der Waals surface area contributed by atoms with Crippen LogP contribution in [0.15, 0.2) is 83.6 Å². The standard InChI is InChI=1S/C23H20N2O7/c1-15-10-11-21(26)20(12-15)23(25(31)32)14-17(24(29)30)13-18(22(27)28)19(23)9-5-8-16-6-3-2-4-7-16/h2-4,6-7,9-14,26H,5,8H2,1H3,(H,27,28). The highest BCUT2D eigenvalue weighted by Crippen LogP contribution is 2.46. The molecule has 2 aromatic carbocycles. The van der Waals surface area contributed by atoms with E-state index in [9.17, 15) is 35.2 Å². The Hall–Kier alpha value is -4.27. The van der Waals surface area contributed by atoms with Crippen molar-refractivity contribution in [3.63, 3.8) is 0 Å². The fourth-order valence-corrected chi connectivity index (χ4v) is 3.77. The van der Waals surface area contributed by atoms with E-state index in [1.807, 2.05) is 30.3 Å². The first-order valence-electron chi connectivity index (χ1n) is 9.68. The zero-order valence-electron chi connectivity index (χ0n) is 17.1. The van der Waals surface area contributed by atoms with E-state index in [0.29, 0.717) is 12.0 Å². The number of aryl methyl sites for hydroxylation is 2. The Kier molecular flexibility index (Phi) is 6.20. The van der Waals surface area contributed by atoms with Gasteiger partial charge in [-0.15, -0.1) is 0 Å². The number of carboxylic acid groups (broad SMARTS) is 1. The van der Waals surface area contributed by atoms with Crippen molar-refractivity contribution >= 4 is 5.97 Å². The number of hydrogen-bond donors (Lipinski definition) is 2. The number of nitro groups is 2. The molecule has 0 saturated heterocycles. The summed E-state index contributed by atoms with van der Waals surface area (Å²) in [5, 5.41) is 44.2. The van der Waals surface area contributed by atoms with Crippen LogP contribution in [0.5, 0.6) is 5.75 Å². The normalized spacial score (nSPS) is 19.2. The van der Waals surface area contributed by atoms with Gasteiger partial charge in [-0.05, 0) is 37.5 Å². The molecule has 2 N–H and O–H groups in total. The lowest BCUT2D eigenvalue weighted by atomic mass is 9.74. The first-order chi connectivity index (χ1) is 15.2. The molecule has 3 rings (SSSR count). The maximum Gasteiger partial charge on any atom is 0.336 e. The number of benzene rings is 2. The molecule has 0 spiro atoms. The average molecular weight is 436 g/mol. The van der Waals surface area contributed by atoms with E-state index >= 15 is 0 Å². The molecule has 1 atom stereocenters. The lowest BCUT2D eigenvalue weighted by Crippen LogP contribution is -2.40. The van der Waals surface area contributed by atoms with Gasteiger partial charge in [-0.3, -0.25) is 20.2 Å². The molecule has 9 nitrogen and oxygen atoms in total. The third kappa shape index (κ3) is 4.13. The summed E-state index contributed by atoms with van der Waals surface area (Å²) < 4.78 is 0. The van der Waals surface area contributed by atoms with E-state index in [4.69, 9.17) is 0 Å². The summed E-state index contributed by atoms with van der Waals surface area (Å²) in [5.74, 6) is -2.01. The number of aromatic hydroxyl groups is 1. The highest BCUT2D eigenvalue weighted by Gasteiger charge is 2.55. The first kappa shape index (κ1) is 22.4. The molecule has 0 heterocycles. The summed E-state index contributed by atoms with van der Waals surface area (Å²) in [6.45, 7) is 1.64. The maximum absolute atomic E-state index is 12.5. The SMILES string of the molecule is Cc1ccc(O)c(C2([N+](=O)[O-])C=C([N+](=O)[O-])C=C(C(=O)O)C2=CCCc2ccccc2)c1. The minimum atomic E-state index is -2.45. The molecule has 0 aromatic heterocycles. The predicted molar refractivity (Wildman–Crippen MR) is 115 cm³/mol. The van der Waals surface area contributed by atoms with E-state index in [2.05, 4.69) is 0 Å². The minimum Gasteiger partial charge on any atom is -0.507 e. The number of aliphatic carboxylic acids is 1. The van der Waals surface area contributed by atoms with Crippen LogP contribution in [0.3, 0.4) is 0 Å². The smallest absolute Gasteiger partial charge is 0.336 e. The number of phenolic OH excluding ortho intramolecular Hbond substituents is 1. The second-order valence-corrected chi connectivity index (χ2v) is 7.38. The van der Waals surface area contributed by atoms with Gasteiger partial charge in [0.15, 0.2) is 0 Å². The summed E-state index contributed by atoms with van der Waals surface area (Å²) >= 11 is 0. The molecule has 0 aliphatic heterocycles. The Bertz CT molecular complexity index is 1180. The van der Waals surface area contributed by atoms with Gasteiger partial charge in [0.25, 0.3) is 5.70 Å². The average Bonchev–Trinajstić information content (AvgIpc) is 2.75. The van der Waals surface area contributed by atoms with E-state index in [-0.39, 0.29) is 17.6 Å². The Morgan fingerprint density at radius 2 is 1.81 bits per heavy atom. The van der Waals surface area contributed by atoms with Crippen molar-refractivity contribution in [3.8, 4) is 5.75 Å². The monoisotopic (exact) mass is 436 g/mol. The molecular weight excluding hydrogens is 416 g/mol. The van der Waals surface area contributed by atoms with Crippen molar-refractivity contribution < 1.29 is 24.9 Å². The van der Waals surface area contributed by atoms with Crippen molar-refractivity contribution in [2.75, 3.05) is 0 Å². The Labute approximate surface area is 182 Å². The number of carboxylic acids is 1. The van der Waals surface area contributed by atoms with Crippen LogP contribution in [-0.2, 0) is 16.8 Å².